The maximum Gasteiger partial charge on any atom is 0.234 e. The second-order valence-electron chi connectivity index (χ2n) is 3.96. The predicted molar refractivity (Wildman–Crippen MR) is 72.5 cm³/mol. The van der Waals surface area contributed by atoms with Crippen LogP contribution in [-0.2, 0) is 11.3 Å². The van der Waals surface area contributed by atoms with Gasteiger partial charge in [0.15, 0.2) is 0 Å². The van der Waals surface area contributed by atoms with E-state index in [9.17, 15) is 4.79 Å². The molecule has 0 fully saturated rings. The molecular formula is C13H19ClN2O2. The summed E-state index contributed by atoms with van der Waals surface area (Å²) in [6, 6.07) is 7.42. The molecule has 0 spiro atoms. The van der Waals surface area contributed by atoms with Gasteiger partial charge in [-0.15, -0.1) is 0 Å². The molecule has 0 heterocycles. The summed E-state index contributed by atoms with van der Waals surface area (Å²) >= 11 is 6.00. The molecule has 0 atom stereocenters. The van der Waals surface area contributed by atoms with Crippen molar-refractivity contribution < 1.29 is 9.90 Å². The van der Waals surface area contributed by atoms with E-state index in [0.717, 1.165) is 12.1 Å². The van der Waals surface area contributed by atoms with Gasteiger partial charge < -0.3 is 10.4 Å². The van der Waals surface area contributed by atoms with Crippen LogP contribution in [0, 0.1) is 0 Å². The smallest absolute Gasteiger partial charge is 0.234 e. The molecule has 2 N–H and O–H groups in total. The molecule has 0 saturated heterocycles. The van der Waals surface area contributed by atoms with Crippen LogP contribution in [0.5, 0.6) is 0 Å². The number of rotatable bonds is 7. The fourth-order valence-corrected chi connectivity index (χ4v) is 1.79. The normalized spacial score (nSPS) is 10.7. The molecule has 0 aliphatic carbocycles. The summed E-state index contributed by atoms with van der Waals surface area (Å²) in [4.78, 5) is 13.6. The zero-order chi connectivity index (χ0) is 13.4. The summed E-state index contributed by atoms with van der Waals surface area (Å²) in [5.41, 5.74) is 0.901. The van der Waals surface area contributed by atoms with Gasteiger partial charge in [0.25, 0.3) is 0 Å². The monoisotopic (exact) mass is 270 g/mol. The van der Waals surface area contributed by atoms with E-state index >= 15 is 0 Å². The molecule has 0 aromatic heterocycles. The van der Waals surface area contributed by atoms with Gasteiger partial charge in [-0.05, 0) is 18.2 Å². The maximum atomic E-state index is 11.7. The molecule has 1 aromatic carbocycles. The molecule has 0 unspecified atom stereocenters. The quantitative estimate of drug-likeness (QED) is 0.785. The lowest BCUT2D eigenvalue weighted by atomic mass is 10.2. The number of carbonyl (C=O) groups is 1. The van der Waals surface area contributed by atoms with E-state index in [1.54, 1.807) is 6.07 Å². The second kappa shape index (κ2) is 8.08. The summed E-state index contributed by atoms with van der Waals surface area (Å²) in [6.07, 6.45) is 0. The lowest BCUT2D eigenvalue weighted by Gasteiger charge is -2.18. The fourth-order valence-electron chi connectivity index (χ4n) is 1.58. The van der Waals surface area contributed by atoms with Crippen molar-refractivity contribution in [1.82, 2.24) is 10.2 Å². The molecule has 1 rings (SSSR count). The van der Waals surface area contributed by atoms with Crippen molar-refractivity contribution in [1.29, 1.82) is 0 Å². The Kier molecular flexibility index (Phi) is 6.72. The van der Waals surface area contributed by atoms with E-state index in [1.807, 2.05) is 30.0 Å². The molecule has 18 heavy (non-hydrogen) atoms. The van der Waals surface area contributed by atoms with E-state index in [2.05, 4.69) is 5.32 Å². The van der Waals surface area contributed by atoms with Gasteiger partial charge >= 0.3 is 0 Å². The minimum atomic E-state index is -0.0646. The van der Waals surface area contributed by atoms with Crippen molar-refractivity contribution >= 4 is 17.5 Å². The van der Waals surface area contributed by atoms with Crippen molar-refractivity contribution in [2.24, 2.45) is 0 Å². The summed E-state index contributed by atoms with van der Waals surface area (Å²) < 4.78 is 0. The number of aliphatic hydroxyl groups excluding tert-OH is 1. The first-order chi connectivity index (χ1) is 8.67. The zero-order valence-electron chi connectivity index (χ0n) is 10.5. The largest absolute Gasteiger partial charge is 0.395 e. The first-order valence-electron chi connectivity index (χ1n) is 6.00. The molecule has 0 aliphatic rings. The molecule has 4 nitrogen and oxygen atoms in total. The molecule has 100 valence electrons. The average molecular weight is 271 g/mol. The van der Waals surface area contributed by atoms with E-state index in [1.165, 1.54) is 0 Å². The van der Waals surface area contributed by atoms with Gasteiger partial charge in [0.2, 0.25) is 5.91 Å². The van der Waals surface area contributed by atoms with Crippen LogP contribution in [0.15, 0.2) is 24.3 Å². The number of hydrogen-bond donors (Lipinski definition) is 2. The van der Waals surface area contributed by atoms with Gasteiger partial charge in [-0.1, -0.05) is 36.7 Å². The SMILES string of the molecule is CCN(CCO)CC(=O)NCc1ccccc1Cl. The first-order valence-corrected chi connectivity index (χ1v) is 6.38. The molecule has 1 aromatic rings. The van der Waals surface area contributed by atoms with Crippen LogP contribution in [-0.4, -0.2) is 42.2 Å². The summed E-state index contributed by atoms with van der Waals surface area (Å²) in [7, 11) is 0. The number of nitrogens with zero attached hydrogens (tertiary/aromatic N) is 1. The second-order valence-corrected chi connectivity index (χ2v) is 4.37. The topological polar surface area (TPSA) is 52.6 Å². The number of aliphatic hydroxyl groups is 1. The molecule has 0 saturated carbocycles. The van der Waals surface area contributed by atoms with E-state index in [0.29, 0.717) is 24.7 Å². The number of halogens is 1. The Hall–Kier alpha value is -1.10. The summed E-state index contributed by atoms with van der Waals surface area (Å²) in [6.45, 7) is 3.98. The van der Waals surface area contributed by atoms with Crippen LogP contribution in [0.4, 0.5) is 0 Å². The third-order valence-corrected chi connectivity index (χ3v) is 3.03. The molecule has 0 aliphatic heterocycles. The lowest BCUT2D eigenvalue weighted by Crippen LogP contribution is -2.38. The highest BCUT2D eigenvalue weighted by Gasteiger charge is 2.08. The number of likely N-dealkylation sites (N-methyl/N-ethyl adjacent to an activating group) is 1. The van der Waals surface area contributed by atoms with Gasteiger partial charge in [-0.25, -0.2) is 0 Å². The first kappa shape index (κ1) is 15.0. The number of nitrogens with one attached hydrogen (secondary N) is 1. The van der Waals surface area contributed by atoms with E-state index in [-0.39, 0.29) is 12.5 Å². The van der Waals surface area contributed by atoms with Gasteiger partial charge in [0.1, 0.15) is 0 Å². The molecule has 0 radical (unpaired) electrons. The fraction of sp³-hybridized carbons (Fsp3) is 0.462. The molecule has 0 bridgehead atoms. The summed E-state index contributed by atoms with van der Waals surface area (Å²) in [5.74, 6) is -0.0646. The van der Waals surface area contributed by atoms with Crippen molar-refractivity contribution in [2.45, 2.75) is 13.5 Å². The summed E-state index contributed by atoms with van der Waals surface area (Å²) in [5, 5.41) is 12.3. The Morgan fingerprint density at radius 3 is 2.78 bits per heavy atom. The Morgan fingerprint density at radius 2 is 2.17 bits per heavy atom. The third-order valence-electron chi connectivity index (χ3n) is 2.66. The third kappa shape index (κ3) is 5.04. The maximum absolute atomic E-state index is 11.7. The van der Waals surface area contributed by atoms with E-state index in [4.69, 9.17) is 16.7 Å². The Bertz CT molecular complexity index is 385. The molecule has 1 amide bonds. The van der Waals surface area contributed by atoms with Crippen LogP contribution in [0.2, 0.25) is 5.02 Å². The van der Waals surface area contributed by atoms with Gasteiger partial charge in [-0.3, -0.25) is 9.69 Å². The van der Waals surface area contributed by atoms with E-state index < -0.39 is 0 Å². The van der Waals surface area contributed by atoms with Crippen molar-refractivity contribution in [2.75, 3.05) is 26.2 Å². The minimum absolute atomic E-state index is 0.0611. The van der Waals surface area contributed by atoms with Crippen LogP contribution >= 0.6 is 11.6 Å². The Labute approximate surface area is 113 Å². The number of amides is 1. The van der Waals surface area contributed by atoms with Crippen LogP contribution < -0.4 is 5.32 Å². The van der Waals surface area contributed by atoms with Gasteiger partial charge in [-0.2, -0.15) is 0 Å². The standard InChI is InChI=1S/C13H19ClN2O2/c1-2-16(7-8-17)10-13(18)15-9-11-5-3-4-6-12(11)14/h3-6,17H,2,7-10H2,1H3,(H,15,18). The molecule has 5 heteroatoms. The Balaban J connectivity index is 2.39. The van der Waals surface area contributed by atoms with Crippen molar-refractivity contribution in [3.05, 3.63) is 34.9 Å². The van der Waals surface area contributed by atoms with Gasteiger partial charge in [0, 0.05) is 18.1 Å². The van der Waals surface area contributed by atoms with Crippen LogP contribution in [0.1, 0.15) is 12.5 Å². The highest BCUT2D eigenvalue weighted by Crippen LogP contribution is 2.14. The predicted octanol–water partition coefficient (Wildman–Crippen LogP) is 1.27. The zero-order valence-corrected chi connectivity index (χ0v) is 11.3. The highest BCUT2D eigenvalue weighted by molar-refractivity contribution is 6.31. The number of hydrogen-bond acceptors (Lipinski definition) is 3. The van der Waals surface area contributed by atoms with Crippen molar-refractivity contribution in [3.63, 3.8) is 0 Å². The van der Waals surface area contributed by atoms with Crippen LogP contribution in [0.3, 0.4) is 0 Å². The van der Waals surface area contributed by atoms with Gasteiger partial charge in [0.05, 0.1) is 13.2 Å². The van der Waals surface area contributed by atoms with Crippen molar-refractivity contribution in [3.8, 4) is 0 Å². The van der Waals surface area contributed by atoms with Crippen LogP contribution in [0.25, 0.3) is 0 Å². The minimum Gasteiger partial charge on any atom is -0.395 e. The Morgan fingerprint density at radius 1 is 1.44 bits per heavy atom. The molecular weight excluding hydrogens is 252 g/mol. The number of benzene rings is 1. The highest BCUT2D eigenvalue weighted by atomic mass is 35.5. The number of carbonyl (C=O) groups excluding carboxylic acids is 1. The lowest BCUT2D eigenvalue weighted by molar-refractivity contribution is -0.122. The average Bonchev–Trinajstić information content (AvgIpc) is 2.37.